The number of nitrogens with one attached hydrogen (secondary N) is 2. The number of nitrogens with zero attached hydrogens (tertiary/aromatic N) is 3. The number of hydrogen-bond acceptors (Lipinski definition) is 3. The fourth-order valence-electron chi connectivity index (χ4n) is 3.70. The van der Waals surface area contributed by atoms with Crippen LogP contribution < -0.4 is 10.2 Å². The molecule has 3 aromatic rings. The number of para-hydroxylation sites is 3. The quantitative estimate of drug-likeness (QED) is 0.483. The molecule has 1 aromatic heterocycles. The Labute approximate surface area is 165 Å². The molecule has 1 aliphatic heterocycles. The molecular weight excluding hydrogens is 350 g/mol. The van der Waals surface area contributed by atoms with Gasteiger partial charge in [0.25, 0.3) is 0 Å². The average molecular weight is 377 g/mol. The largest absolute Gasteiger partial charge is 0.506 e. The lowest BCUT2D eigenvalue weighted by atomic mass is 10.2. The number of phenolic OH excluding ortho intramolecular Hbond substituents is 1. The molecule has 0 radical (unpaired) electrons. The molecule has 0 bridgehead atoms. The number of anilines is 1. The summed E-state index contributed by atoms with van der Waals surface area (Å²) >= 11 is 0. The topological polar surface area (TPSA) is 66.9 Å². The highest BCUT2D eigenvalue weighted by Gasteiger charge is 2.21. The summed E-state index contributed by atoms with van der Waals surface area (Å²) in [6, 6.07) is 18.0. The first-order valence-electron chi connectivity index (χ1n) is 9.87. The number of guanidine groups is 1. The van der Waals surface area contributed by atoms with Crippen LogP contribution in [-0.4, -0.2) is 53.7 Å². The van der Waals surface area contributed by atoms with Crippen molar-refractivity contribution in [2.45, 2.75) is 13.5 Å². The Hall–Kier alpha value is -3.15. The van der Waals surface area contributed by atoms with Crippen LogP contribution in [0.2, 0.25) is 0 Å². The van der Waals surface area contributed by atoms with E-state index in [-0.39, 0.29) is 0 Å². The summed E-state index contributed by atoms with van der Waals surface area (Å²) in [5.74, 6) is 1.29. The highest BCUT2D eigenvalue weighted by molar-refractivity contribution is 5.81. The van der Waals surface area contributed by atoms with E-state index in [2.05, 4.69) is 51.3 Å². The van der Waals surface area contributed by atoms with Crippen molar-refractivity contribution in [3.63, 3.8) is 0 Å². The van der Waals surface area contributed by atoms with E-state index in [4.69, 9.17) is 4.99 Å². The Morgan fingerprint density at radius 1 is 1.07 bits per heavy atom. The average Bonchev–Trinajstić information content (AvgIpc) is 3.15. The summed E-state index contributed by atoms with van der Waals surface area (Å²) in [4.78, 5) is 12.8. The highest BCUT2D eigenvalue weighted by atomic mass is 16.3. The van der Waals surface area contributed by atoms with Crippen molar-refractivity contribution in [1.82, 2.24) is 15.2 Å². The van der Waals surface area contributed by atoms with Gasteiger partial charge in [0.15, 0.2) is 5.96 Å². The molecule has 0 atom stereocenters. The number of H-pyrrole nitrogens is 1. The van der Waals surface area contributed by atoms with Crippen LogP contribution in [0.1, 0.15) is 12.6 Å². The summed E-state index contributed by atoms with van der Waals surface area (Å²) in [5.41, 5.74) is 3.17. The van der Waals surface area contributed by atoms with Gasteiger partial charge in [-0.3, -0.25) is 0 Å². The Kier molecular flexibility index (Phi) is 5.37. The van der Waals surface area contributed by atoms with Crippen molar-refractivity contribution >= 4 is 22.5 Å². The van der Waals surface area contributed by atoms with Crippen LogP contribution in [0.3, 0.4) is 0 Å². The second-order valence-electron chi connectivity index (χ2n) is 7.01. The molecule has 0 unspecified atom stereocenters. The normalized spacial score (nSPS) is 15.2. The fraction of sp³-hybridized carbons (Fsp3) is 0.318. The molecule has 0 amide bonds. The lowest BCUT2D eigenvalue weighted by molar-refractivity contribution is 0.369. The standard InChI is InChI=1S/C22H27N5O/c1-2-23-22(24-16-18-15-17-7-3-4-8-19(17)25-18)27-13-11-26(12-14-27)20-9-5-6-10-21(20)28/h3-10,15,25,28H,2,11-14,16H2,1H3,(H,23,24). The SMILES string of the molecule is CCNC(=NCc1cc2ccccc2[nH]1)N1CCN(c2ccccc2O)CC1. The van der Waals surface area contributed by atoms with Crippen molar-refractivity contribution in [3.05, 3.63) is 60.3 Å². The third-order valence-corrected chi connectivity index (χ3v) is 5.12. The Morgan fingerprint density at radius 2 is 1.82 bits per heavy atom. The lowest BCUT2D eigenvalue weighted by Crippen LogP contribution is -2.52. The van der Waals surface area contributed by atoms with Crippen LogP contribution in [0.5, 0.6) is 5.75 Å². The van der Waals surface area contributed by atoms with Gasteiger partial charge in [0, 0.05) is 43.9 Å². The van der Waals surface area contributed by atoms with Crippen molar-refractivity contribution in [2.24, 2.45) is 4.99 Å². The Bertz CT molecular complexity index is 923. The zero-order chi connectivity index (χ0) is 19.3. The molecule has 2 heterocycles. The number of aromatic hydroxyl groups is 1. The number of piperazine rings is 1. The number of rotatable bonds is 4. The minimum absolute atomic E-state index is 0.343. The number of phenols is 1. The molecule has 1 saturated heterocycles. The first-order valence-corrected chi connectivity index (χ1v) is 9.87. The number of fused-ring (bicyclic) bond motifs is 1. The Balaban J connectivity index is 1.43. The smallest absolute Gasteiger partial charge is 0.194 e. The molecule has 0 aliphatic carbocycles. The van der Waals surface area contributed by atoms with E-state index in [0.717, 1.165) is 55.6 Å². The van der Waals surface area contributed by atoms with E-state index in [0.29, 0.717) is 12.3 Å². The second kappa shape index (κ2) is 8.25. The van der Waals surface area contributed by atoms with Crippen molar-refractivity contribution in [3.8, 4) is 5.75 Å². The van der Waals surface area contributed by atoms with Crippen molar-refractivity contribution in [2.75, 3.05) is 37.6 Å². The fourth-order valence-corrected chi connectivity index (χ4v) is 3.70. The van der Waals surface area contributed by atoms with E-state index in [9.17, 15) is 5.11 Å². The van der Waals surface area contributed by atoms with Gasteiger partial charge in [0.2, 0.25) is 0 Å². The van der Waals surface area contributed by atoms with Crippen LogP contribution in [0.25, 0.3) is 10.9 Å². The summed E-state index contributed by atoms with van der Waals surface area (Å²) in [6.45, 7) is 7.00. The van der Waals surface area contributed by atoms with Gasteiger partial charge < -0.3 is 25.2 Å². The van der Waals surface area contributed by atoms with Crippen molar-refractivity contribution < 1.29 is 5.11 Å². The highest BCUT2D eigenvalue weighted by Crippen LogP contribution is 2.27. The van der Waals surface area contributed by atoms with Crippen LogP contribution >= 0.6 is 0 Å². The van der Waals surface area contributed by atoms with Gasteiger partial charge in [-0.05, 0) is 36.6 Å². The number of aromatic amines is 1. The third kappa shape index (κ3) is 3.91. The monoisotopic (exact) mass is 377 g/mol. The van der Waals surface area contributed by atoms with Crippen molar-refractivity contribution in [1.29, 1.82) is 0 Å². The first kappa shape index (κ1) is 18.2. The molecular formula is C22H27N5O. The van der Waals surface area contributed by atoms with Gasteiger partial charge in [-0.25, -0.2) is 4.99 Å². The van der Waals surface area contributed by atoms with E-state index < -0.39 is 0 Å². The van der Waals surface area contributed by atoms with Gasteiger partial charge in [-0.2, -0.15) is 0 Å². The van der Waals surface area contributed by atoms with Crippen LogP contribution in [-0.2, 0) is 6.54 Å². The van der Waals surface area contributed by atoms with E-state index in [1.807, 2.05) is 24.3 Å². The maximum Gasteiger partial charge on any atom is 0.194 e. The summed E-state index contributed by atoms with van der Waals surface area (Å²) in [5, 5.41) is 14.7. The van der Waals surface area contributed by atoms with Gasteiger partial charge >= 0.3 is 0 Å². The summed E-state index contributed by atoms with van der Waals surface area (Å²) in [6.07, 6.45) is 0. The lowest BCUT2D eigenvalue weighted by Gasteiger charge is -2.37. The molecule has 28 heavy (non-hydrogen) atoms. The van der Waals surface area contributed by atoms with Crippen LogP contribution in [0.4, 0.5) is 5.69 Å². The number of aliphatic imine (C=N–C) groups is 1. The van der Waals surface area contributed by atoms with E-state index in [1.54, 1.807) is 6.07 Å². The molecule has 4 rings (SSSR count). The summed E-state index contributed by atoms with van der Waals surface area (Å²) in [7, 11) is 0. The zero-order valence-corrected chi connectivity index (χ0v) is 16.2. The van der Waals surface area contributed by atoms with Crippen LogP contribution in [0, 0.1) is 0 Å². The molecule has 146 valence electrons. The Morgan fingerprint density at radius 3 is 2.57 bits per heavy atom. The zero-order valence-electron chi connectivity index (χ0n) is 16.2. The van der Waals surface area contributed by atoms with Crippen LogP contribution in [0.15, 0.2) is 59.6 Å². The molecule has 6 heteroatoms. The maximum atomic E-state index is 10.1. The van der Waals surface area contributed by atoms with Gasteiger partial charge in [-0.1, -0.05) is 30.3 Å². The molecule has 0 saturated carbocycles. The molecule has 2 aromatic carbocycles. The molecule has 0 spiro atoms. The number of aromatic nitrogens is 1. The van der Waals surface area contributed by atoms with Gasteiger partial charge in [0.1, 0.15) is 5.75 Å². The maximum absolute atomic E-state index is 10.1. The predicted octanol–water partition coefficient (Wildman–Crippen LogP) is 3.16. The van der Waals surface area contributed by atoms with Gasteiger partial charge in [-0.15, -0.1) is 0 Å². The van der Waals surface area contributed by atoms with E-state index in [1.165, 1.54) is 5.39 Å². The molecule has 1 fully saturated rings. The molecule has 6 nitrogen and oxygen atoms in total. The van der Waals surface area contributed by atoms with E-state index >= 15 is 0 Å². The minimum atomic E-state index is 0.343. The number of hydrogen-bond donors (Lipinski definition) is 3. The first-order chi connectivity index (χ1) is 13.7. The minimum Gasteiger partial charge on any atom is -0.506 e. The molecule has 1 aliphatic rings. The van der Waals surface area contributed by atoms with Gasteiger partial charge in [0.05, 0.1) is 12.2 Å². The second-order valence-corrected chi connectivity index (χ2v) is 7.01. The summed E-state index contributed by atoms with van der Waals surface area (Å²) < 4.78 is 0. The third-order valence-electron chi connectivity index (χ3n) is 5.12. The number of benzene rings is 2. The predicted molar refractivity (Wildman–Crippen MR) is 115 cm³/mol. The molecule has 3 N–H and O–H groups in total.